The second-order valence-corrected chi connectivity index (χ2v) is 8.77. The number of benzene rings is 2. The summed E-state index contributed by atoms with van der Waals surface area (Å²) in [7, 11) is -3.52. The lowest BCUT2D eigenvalue weighted by molar-refractivity contribution is -0.125. The van der Waals surface area contributed by atoms with E-state index >= 15 is 0 Å². The van der Waals surface area contributed by atoms with Gasteiger partial charge in [-0.25, -0.2) is 13.1 Å². The fourth-order valence-electron chi connectivity index (χ4n) is 3.17. The Balaban J connectivity index is 1.42. The summed E-state index contributed by atoms with van der Waals surface area (Å²) in [4.78, 5) is 12.7. The molecule has 0 spiro atoms. The second kappa shape index (κ2) is 9.21. The Hall–Kier alpha value is -2.38. The fraction of sp³-hybridized carbons (Fsp3) is 0.381. The van der Waals surface area contributed by atoms with E-state index in [9.17, 15) is 13.2 Å². The highest BCUT2D eigenvalue weighted by molar-refractivity contribution is 7.89. The van der Waals surface area contributed by atoms with Crippen molar-refractivity contribution in [1.82, 2.24) is 10.0 Å². The van der Waals surface area contributed by atoms with Gasteiger partial charge in [-0.1, -0.05) is 35.9 Å². The van der Waals surface area contributed by atoms with Crippen molar-refractivity contribution in [3.8, 4) is 5.75 Å². The molecule has 1 aliphatic heterocycles. The smallest absolute Gasteiger partial charge is 0.240 e. The number of carbonyl (C=O) groups excluding carboxylic acids is 1. The molecule has 0 saturated carbocycles. The summed E-state index contributed by atoms with van der Waals surface area (Å²) in [6, 6.07) is 14.5. The molecule has 0 aliphatic carbocycles. The number of hydrogen-bond acceptors (Lipinski definition) is 4. The molecule has 0 saturated heterocycles. The Morgan fingerprint density at radius 3 is 2.64 bits per heavy atom. The Kier molecular flexibility index (Phi) is 6.70. The lowest BCUT2D eigenvalue weighted by Crippen LogP contribution is -2.34. The predicted molar refractivity (Wildman–Crippen MR) is 108 cm³/mol. The summed E-state index contributed by atoms with van der Waals surface area (Å²) in [5.41, 5.74) is 2.05. The molecule has 0 radical (unpaired) electrons. The summed E-state index contributed by atoms with van der Waals surface area (Å²) < 4.78 is 32.7. The topological polar surface area (TPSA) is 84.5 Å². The number of amides is 1. The van der Waals surface area contributed by atoms with Gasteiger partial charge >= 0.3 is 0 Å². The van der Waals surface area contributed by atoms with Crippen LogP contribution in [0.3, 0.4) is 0 Å². The molecule has 0 aromatic heterocycles. The molecule has 0 bridgehead atoms. The molecule has 1 aliphatic rings. The zero-order valence-electron chi connectivity index (χ0n) is 16.0. The monoisotopic (exact) mass is 402 g/mol. The second-order valence-electron chi connectivity index (χ2n) is 7.00. The largest absolute Gasteiger partial charge is 0.493 e. The highest BCUT2D eigenvalue weighted by Crippen LogP contribution is 2.26. The van der Waals surface area contributed by atoms with E-state index in [-0.39, 0.29) is 23.3 Å². The SMILES string of the molecule is Cc1ccc(S(=O)(=O)NCCCNC(=O)C2CCOc3ccccc3C2)cc1. The first-order valence-electron chi connectivity index (χ1n) is 9.50. The molecule has 1 amide bonds. The summed E-state index contributed by atoms with van der Waals surface area (Å²) in [6.07, 6.45) is 1.85. The molecule has 3 rings (SSSR count). The highest BCUT2D eigenvalue weighted by Gasteiger charge is 2.23. The number of hydrogen-bond donors (Lipinski definition) is 2. The molecule has 1 atom stereocenters. The van der Waals surface area contributed by atoms with Crippen LogP contribution in [0.1, 0.15) is 24.0 Å². The van der Waals surface area contributed by atoms with E-state index in [1.54, 1.807) is 24.3 Å². The lowest BCUT2D eigenvalue weighted by atomic mass is 9.96. The van der Waals surface area contributed by atoms with Gasteiger partial charge in [-0.15, -0.1) is 0 Å². The molecule has 28 heavy (non-hydrogen) atoms. The average Bonchev–Trinajstić information content (AvgIpc) is 2.90. The van der Waals surface area contributed by atoms with E-state index in [1.165, 1.54) is 0 Å². The van der Waals surface area contributed by atoms with Gasteiger partial charge in [0.1, 0.15) is 5.75 Å². The van der Waals surface area contributed by atoms with Gasteiger partial charge in [-0.2, -0.15) is 0 Å². The first-order valence-corrected chi connectivity index (χ1v) is 11.0. The Bertz CT molecular complexity index is 910. The number of carbonyl (C=O) groups is 1. The number of sulfonamides is 1. The molecular weight excluding hydrogens is 376 g/mol. The van der Waals surface area contributed by atoms with Gasteiger partial charge in [0.05, 0.1) is 11.5 Å². The van der Waals surface area contributed by atoms with Crippen molar-refractivity contribution in [2.75, 3.05) is 19.7 Å². The van der Waals surface area contributed by atoms with Crippen LogP contribution in [0.2, 0.25) is 0 Å². The van der Waals surface area contributed by atoms with E-state index in [4.69, 9.17) is 4.74 Å². The number of aryl methyl sites for hydroxylation is 1. The van der Waals surface area contributed by atoms with Crippen LogP contribution >= 0.6 is 0 Å². The summed E-state index contributed by atoms with van der Waals surface area (Å²) in [5.74, 6) is 0.706. The zero-order chi connectivity index (χ0) is 20.0. The molecular formula is C21H26N2O4S. The van der Waals surface area contributed by atoms with Crippen molar-refractivity contribution in [2.24, 2.45) is 5.92 Å². The molecule has 6 nitrogen and oxygen atoms in total. The van der Waals surface area contributed by atoms with Gasteiger partial charge in [0.25, 0.3) is 0 Å². The Labute approximate surface area is 166 Å². The average molecular weight is 403 g/mol. The number of fused-ring (bicyclic) bond motifs is 1. The fourth-order valence-corrected chi connectivity index (χ4v) is 4.24. The number of nitrogens with one attached hydrogen (secondary N) is 2. The van der Waals surface area contributed by atoms with E-state index in [0.717, 1.165) is 16.9 Å². The van der Waals surface area contributed by atoms with Crippen molar-refractivity contribution < 1.29 is 17.9 Å². The molecule has 0 fully saturated rings. The van der Waals surface area contributed by atoms with Crippen LogP contribution in [0.25, 0.3) is 0 Å². The van der Waals surface area contributed by atoms with E-state index in [1.807, 2.05) is 31.2 Å². The van der Waals surface area contributed by atoms with Gasteiger partial charge in [-0.3, -0.25) is 4.79 Å². The molecule has 2 aromatic rings. The quantitative estimate of drug-likeness (QED) is 0.697. The van der Waals surface area contributed by atoms with Crippen molar-refractivity contribution >= 4 is 15.9 Å². The Morgan fingerprint density at radius 2 is 1.86 bits per heavy atom. The third-order valence-electron chi connectivity index (χ3n) is 4.81. The Morgan fingerprint density at radius 1 is 1.11 bits per heavy atom. The van der Waals surface area contributed by atoms with Crippen LogP contribution < -0.4 is 14.8 Å². The molecule has 7 heteroatoms. The number of ether oxygens (including phenoxy) is 1. The highest BCUT2D eigenvalue weighted by atomic mass is 32.2. The molecule has 150 valence electrons. The van der Waals surface area contributed by atoms with Crippen molar-refractivity contribution in [2.45, 2.75) is 31.1 Å². The van der Waals surface area contributed by atoms with Gasteiger partial charge in [0, 0.05) is 19.0 Å². The standard InChI is InChI=1S/C21H26N2O4S/c1-16-7-9-19(10-8-16)28(25,26)23-13-4-12-22-21(24)18-11-14-27-20-6-3-2-5-17(20)15-18/h2-3,5-10,18,23H,4,11-15H2,1H3,(H,22,24). The zero-order valence-corrected chi connectivity index (χ0v) is 16.8. The minimum absolute atomic E-state index is 0.0123. The van der Waals surface area contributed by atoms with Gasteiger partial charge in [-0.05, 0) is 49.9 Å². The van der Waals surface area contributed by atoms with E-state index < -0.39 is 10.0 Å². The minimum atomic E-state index is -3.52. The first kappa shape index (κ1) is 20.4. The van der Waals surface area contributed by atoms with Gasteiger partial charge in [0.15, 0.2) is 0 Å². The van der Waals surface area contributed by atoms with Gasteiger partial charge in [0.2, 0.25) is 15.9 Å². The third-order valence-corrected chi connectivity index (χ3v) is 6.29. The molecule has 2 N–H and O–H groups in total. The maximum absolute atomic E-state index is 12.5. The number of rotatable bonds is 7. The maximum Gasteiger partial charge on any atom is 0.240 e. The lowest BCUT2D eigenvalue weighted by Gasteiger charge is -2.14. The summed E-state index contributed by atoms with van der Waals surface area (Å²) >= 11 is 0. The normalized spacial score (nSPS) is 16.5. The van der Waals surface area contributed by atoms with Crippen molar-refractivity contribution in [3.05, 3.63) is 59.7 Å². The van der Waals surface area contributed by atoms with Crippen LogP contribution in [0, 0.1) is 12.8 Å². The third kappa shape index (κ3) is 5.33. The predicted octanol–water partition coefficient (Wildman–Crippen LogP) is 2.42. The number of para-hydroxylation sites is 1. The minimum Gasteiger partial charge on any atom is -0.493 e. The van der Waals surface area contributed by atoms with Crippen LogP contribution in [-0.4, -0.2) is 34.0 Å². The van der Waals surface area contributed by atoms with E-state index in [2.05, 4.69) is 10.0 Å². The molecule has 1 unspecified atom stereocenters. The van der Waals surface area contributed by atoms with Crippen LogP contribution in [-0.2, 0) is 21.2 Å². The first-order chi connectivity index (χ1) is 13.5. The maximum atomic E-state index is 12.5. The van der Waals surface area contributed by atoms with Crippen LogP contribution in [0.4, 0.5) is 0 Å². The summed E-state index contributed by atoms with van der Waals surface area (Å²) in [5, 5.41) is 2.92. The summed E-state index contributed by atoms with van der Waals surface area (Å²) in [6.45, 7) is 3.12. The van der Waals surface area contributed by atoms with E-state index in [0.29, 0.717) is 32.4 Å². The molecule has 1 heterocycles. The van der Waals surface area contributed by atoms with Crippen LogP contribution in [0.15, 0.2) is 53.4 Å². The van der Waals surface area contributed by atoms with Gasteiger partial charge < -0.3 is 10.1 Å². The van der Waals surface area contributed by atoms with Crippen molar-refractivity contribution in [3.63, 3.8) is 0 Å². The van der Waals surface area contributed by atoms with Crippen LogP contribution in [0.5, 0.6) is 5.75 Å². The van der Waals surface area contributed by atoms with Crippen molar-refractivity contribution in [1.29, 1.82) is 0 Å². The molecule has 2 aromatic carbocycles.